The van der Waals surface area contributed by atoms with Gasteiger partial charge in [0.1, 0.15) is 0 Å². The summed E-state index contributed by atoms with van der Waals surface area (Å²) in [5.41, 5.74) is 1.65. The maximum Gasteiger partial charge on any atom is 0.309 e. The fourth-order valence-corrected chi connectivity index (χ4v) is 3.73. The van der Waals surface area contributed by atoms with Crippen molar-refractivity contribution in [3.05, 3.63) is 35.4 Å². The van der Waals surface area contributed by atoms with E-state index < -0.39 is 22.8 Å². The first-order valence-corrected chi connectivity index (χ1v) is 11.6. The van der Waals surface area contributed by atoms with Crippen molar-refractivity contribution >= 4 is 11.9 Å². The van der Waals surface area contributed by atoms with Crippen molar-refractivity contribution in [1.82, 2.24) is 0 Å². The van der Waals surface area contributed by atoms with Crippen LogP contribution in [-0.4, -0.2) is 22.2 Å². The van der Waals surface area contributed by atoms with Gasteiger partial charge in [-0.1, -0.05) is 62.8 Å². The Kier molecular flexibility index (Phi) is 11.1. The molecule has 30 heavy (non-hydrogen) atoms. The predicted molar refractivity (Wildman–Crippen MR) is 123 cm³/mol. The zero-order chi connectivity index (χ0) is 22.6. The van der Waals surface area contributed by atoms with Crippen molar-refractivity contribution in [1.29, 1.82) is 0 Å². The largest absolute Gasteiger partial charge is 0.481 e. The lowest BCUT2D eigenvalue weighted by Crippen LogP contribution is -2.23. The van der Waals surface area contributed by atoms with Crippen LogP contribution in [0.25, 0.3) is 0 Å². The molecule has 0 aromatic heterocycles. The second-order valence-corrected chi connectivity index (χ2v) is 9.98. The molecule has 0 saturated heterocycles. The minimum Gasteiger partial charge on any atom is -0.481 e. The van der Waals surface area contributed by atoms with Gasteiger partial charge < -0.3 is 10.2 Å². The second kappa shape index (κ2) is 12.8. The van der Waals surface area contributed by atoms with Crippen molar-refractivity contribution in [2.75, 3.05) is 0 Å². The molecule has 0 unspecified atom stereocenters. The van der Waals surface area contributed by atoms with E-state index in [1.807, 2.05) is 0 Å². The molecule has 0 atom stereocenters. The number of rotatable bonds is 16. The second-order valence-electron chi connectivity index (χ2n) is 9.98. The molecule has 2 N–H and O–H groups in total. The van der Waals surface area contributed by atoms with Crippen LogP contribution in [0.1, 0.15) is 103 Å². The van der Waals surface area contributed by atoms with Crippen molar-refractivity contribution in [3.63, 3.8) is 0 Å². The van der Waals surface area contributed by atoms with Gasteiger partial charge in [-0.05, 0) is 77.3 Å². The van der Waals surface area contributed by atoms with Crippen LogP contribution in [-0.2, 0) is 22.4 Å². The fourth-order valence-electron chi connectivity index (χ4n) is 3.73. The van der Waals surface area contributed by atoms with Crippen LogP contribution >= 0.6 is 0 Å². The zero-order valence-electron chi connectivity index (χ0n) is 19.5. The van der Waals surface area contributed by atoms with Crippen molar-refractivity contribution in [2.24, 2.45) is 10.8 Å². The average molecular weight is 419 g/mol. The third kappa shape index (κ3) is 9.77. The van der Waals surface area contributed by atoms with Gasteiger partial charge in [0.15, 0.2) is 0 Å². The van der Waals surface area contributed by atoms with Crippen molar-refractivity contribution in [3.8, 4) is 0 Å². The molecule has 0 bridgehead atoms. The molecule has 0 saturated carbocycles. The summed E-state index contributed by atoms with van der Waals surface area (Å²) in [5.74, 6) is -1.41. The number of hydrogen-bond acceptors (Lipinski definition) is 2. The predicted octanol–water partition coefficient (Wildman–Crippen LogP) is 6.89. The monoisotopic (exact) mass is 418 g/mol. The van der Waals surface area contributed by atoms with E-state index in [9.17, 15) is 19.8 Å². The van der Waals surface area contributed by atoms with Gasteiger partial charge in [-0.2, -0.15) is 0 Å². The average Bonchev–Trinajstić information content (AvgIpc) is 2.67. The smallest absolute Gasteiger partial charge is 0.309 e. The van der Waals surface area contributed by atoms with Gasteiger partial charge in [-0.15, -0.1) is 0 Å². The Labute approximate surface area is 183 Å². The third-order valence-corrected chi connectivity index (χ3v) is 6.27. The fraction of sp³-hybridized carbons (Fsp3) is 0.692. The minimum absolute atomic E-state index is 0.615. The van der Waals surface area contributed by atoms with Crippen molar-refractivity contribution in [2.45, 2.75) is 105 Å². The number of carbonyl (C=O) groups is 2. The Morgan fingerprint density at radius 2 is 0.967 bits per heavy atom. The van der Waals surface area contributed by atoms with E-state index in [4.69, 9.17) is 0 Å². The van der Waals surface area contributed by atoms with E-state index in [1.165, 1.54) is 11.1 Å². The molecule has 4 heteroatoms. The number of carboxylic acid groups (broad SMARTS) is 2. The molecular formula is C26H42O4. The third-order valence-electron chi connectivity index (χ3n) is 6.27. The molecule has 1 aromatic rings. The highest BCUT2D eigenvalue weighted by molar-refractivity contribution is 5.73. The van der Waals surface area contributed by atoms with Crippen LogP contribution in [0.5, 0.6) is 0 Å². The zero-order valence-corrected chi connectivity index (χ0v) is 19.5. The number of benzene rings is 1. The summed E-state index contributed by atoms with van der Waals surface area (Å²) in [6, 6.07) is 8.70. The van der Waals surface area contributed by atoms with Crippen LogP contribution < -0.4 is 0 Å². The van der Waals surface area contributed by atoms with Gasteiger partial charge in [0.2, 0.25) is 0 Å². The number of aryl methyl sites for hydroxylation is 2. The van der Waals surface area contributed by atoms with E-state index in [2.05, 4.69) is 24.3 Å². The number of carboxylic acids is 2. The number of unbranched alkanes of at least 4 members (excludes halogenated alkanes) is 6. The summed E-state index contributed by atoms with van der Waals surface area (Å²) in [6.07, 6.45) is 12.4. The lowest BCUT2D eigenvalue weighted by atomic mass is 9.86. The first-order valence-electron chi connectivity index (χ1n) is 11.6. The summed E-state index contributed by atoms with van der Waals surface area (Å²) < 4.78 is 0. The van der Waals surface area contributed by atoms with Gasteiger partial charge in [-0.3, -0.25) is 9.59 Å². The number of aliphatic carboxylic acids is 2. The normalized spacial score (nSPS) is 12.1. The summed E-state index contributed by atoms with van der Waals surface area (Å²) in [7, 11) is 0. The van der Waals surface area contributed by atoms with E-state index in [1.54, 1.807) is 27.7 Å². The first kappa shape index (κ1) is 26.2. The van der Waals surface area contributed by atoms with Crippen LogP contribution in [0, 0.1) is 10.8 Å². The standard InChI is InChI=1S/C26H42O4/c1-25(2,23(27)28)19-13-7-5-9-15-21-17-11-12-18-22(21)16-10-6-8-14-20-26(3,4)24(29)30/h11-12,17-18H,5-10,13-16,19-20H2,1-4H3,(H,27,28)(H,29,30). The highest BCUT2D eigenvalue weighted by atomic mass is 16.4. The molecule has 1 rings (SSSR count). The van der Waals surface area contributed by atoms with Gasteiger partial charge in [0.05, 0.1) is 10.8 Å². The van der Waals surface area contributed by atoms with Crippen LogP contribution in [0.3, 0.4) is 0 Å². The topological polar surface area (TPSA) is 74.6 Å². The summed E-state index contributed by atoms with van der Waals surface area (Å²) in [5, 5.41) is 18.4. The Bertz CT molecular complexity index is 604. The van der Waals surface area contributed by atoms with Crippen LogP contribution in [0.2, 0.25) is 0 Å². The molecule has 0 spiro atoms. The summed E-state index contributed by atoms with van der Waals surface area (Å²) >= 11 is 0. The molecule has 0 amide bonds. The highest BCUT2D eigenvalue weighted by Gasteiger charge is 2.26. The summed E-state index contributed by atoms with van der Waals surface area (Å²) in [6.45, 7) is 7.22. The molecule has 0 heterocycles. The minimum atomic E-state index is -0.706. The Balaban J connectivity index is 2.26. The summed E-state index contributed by atoms with van der Waals surface area (Å²) in [4.78, 5) is 22.3. The SMILES string of the molecule is CC(C)(CCCCCCc1ccccc1CCCCCCC(C)(C)C(=O)O)C(=O)O. The molecule has 0 radical (unpaired) electrons. The Morgan fingerprint density at radius 1 is 0.633 bits per heavy atom. The molecule has 4 nitrogen and oxygen atoms in total. The van der Waals surface area contributed by atoms with E-state index >= 15 is 0 Å². The highest BCUT2D eigenvalue weighted by Crippen LogP contribution is 2.25. The molecule has 1 aromatic carbocycles. The van der Waals surface area contributed by atoms with Gasteiger partial charge in [-0.25, -0.2) is 0 Å². The van der Waals surface area contributed by atoms with Gasteiger partial charge in [0, 0.05) is 0 Å². The Hall–Kier alpha value is -1.84. The maximum absolute atomic E-state index is 11.2. The quantitative estimate of drug-likeness (QED) is 0.286. The number of hydrogen-bond donors (Lipinski definition) is 2. The first-order chi connectivity index (χ1) is 14.1. The van der Waals surface area contributed by atoms with Crippen LogP contribution in [0.4, 0.5) is 0 Å². The molecule has 0 fully saturated rings. The van der Waals surface area contributed by atoms with Gasteiger partial charge >= 0.3 is 11.9 Å². The molecular weight excluding hydrogens is 376 g/mol. The van der Waals surface area contributed by atoms with E-state index in [0.29, 0.717) is 0 Å². The van der Waals surface area contributed by atoms with E-state index in [-0.39, 0.29) is 0 Å². The van der Waals surface area contributed by atoms with Crippen LogP contribution in [0.15, 0.2) is 24.3 Å². The lowest BCUT2D eigenvalue weighted by molar-refractivity contribution is -0.148. The molecule has 0 aliphatic rings. The van der Waals surface area contributed by atoms with E-state index in [0.717, 1.165) is 77.0 Å². The Morgan fingerprint density at radius 3 is 1.30 bits per heavy atom. The molecule has 0 aliphatic carbocycles. The maximum atomic E-state index is 11.2. The van der Waals surface area contributed by atoms with Crippen molar-refractivity contribution < 1.29 is 19.8 Å². The lowest BCUT2D eigenvalue weighted by Gasteiger charge is -2.18. The van der Waals surface area contributed by atoms with Gasteiger partial charge in [0.25, 0.3) is 0 Å². The molecule has 0 aliphatic heterocycles. The molecule has 170 valence electrons.